The van der Waals surface area contributed by atoms with Crippen LogP contribution in [0.25, 0.3) is 0 Å². The van der Waals surface area contributed by atoms with Gasteiger partial charge in [0.15, 0.2) is 11.9 Å². The molecule has 3 rings (SSSR count). The molecule has 16 heavy (non-hydrogen) atoms. The van der Waals surface area contributed by atoms with Crippen LogP contribution in [-0.4, -0.2) is 14.8 Å². The summed E-state index contributed by atoms with van der Waals surface area (Å²) in [5.74, 6) is 1.89. The lowest BCUT2D eigenvalue weighted by Gasteiger charge is -2.10. The highest BCUT2D eigenvalue weighted by atomic mass is 16.5. The minimum Gasteiger partial charge on any atom is -0.482 e. The van der Waals surface area contributed by atoms with Gasteiger partial charge in [-0.15, -0.1) is 10.2 Å². The van der Waals surface area contributed by atoms with Gasteiger partial charge < -0.3 is 9.30 Å². The molecular weight excluding hydrogens is 202 g/mol. The lowest BCUT2D eigenvalue weighted by molar-refractivity contribution is 0.221. The standard InChI is InChI=1S/C12H13N3O/c1-2-15-8-13-14-12(15)11-7-9-5-3-4-6-10(9)16-11/h3-6,8,11H,2,7H2,1H3. The van der Waals surface area contributed by atoms with Gasteiger partial charge in [0.1, 0.15) is 12.1 Å². The lowest BCUT2D eigenvalue weighted by atomic mass is 10.1. The maximum atomic E-state index is 5.87. The van der Waals surface area contributed by atoms with Gasteiger partial charge >= 0.3 is 0 Å². The van der Waals surface area contributed by atoms with Crippen LogP contribution in [0.1, 0.15) is 24.4 Å². The molecule has 82 valence electrons. The number of hydrogen-bond acceptors (Lipinski definition) is 3. The Hall–Kier alpha value is -1.84. The van der Waals surface area contributed by atoms with E-state index in [9.17, 15) is 0 Å². The van der Waals surface area contributed by atoms with Gasteiger partial charge in [0.25, 0.3) is 0 Å². The summed E-state index contributed by atoms with van der Waals surface area (Å²) in [4.78, 5) is 0. The summed E-state index contributed by atoms with van der Waals surface area (Å²) in [5.41, 5.74) is 1.25. The Kier molecular flexibility index (Phi) is 2.13. The molecule has 1 atom stereocenters. The molecule has 0 spiro atoms. The van der Waals surface area contributed by atoms with E-state index < -0.39 is 0 Å². The van der Waals surface area contributed by atoms with Gasteiger partial charge in [-0.05, 0) is 18.6 Å². The SMILES string of the molecule is CCn1cnnc1C1Cc2ccccc2O1. The summed E-state index contributed by atoms with van der Waals surface area (Å²) in [7, 11) is 0. The summed E-state index contributed by atoms with van der Waals surface area (Å²) in [6, 6.07) is 8.13. The van der Waals surface area contributed by atoms with Crippen LogP contribution in [0.15, 0.2) is 30.6 Å². The van der Waals surface area contributed by atoms with Crippen molar-refractivity contribution in [2.75, 3.05) is 0 Å². The Balaban J connectivity index is 1.91. The smallest absolute Gasteiger partial charge is 0.174 e. The van der Waals surface area contributed by atoms with Gasteiger partial charge in [-0.3, -0.25) is 0 Å². The highest BCUT2D eigenvalue weighted by Gasteiger charge is 2.27. The third-order valence-electron chi connectivity index (χ3n) is 2.92. The van der Waals surface area contributed by atoms with Crippen LogP contribution in [0.5, 0.6) is 5.75 Å². The number of hydrogen-bond donors (Lipinski definition) is 0. The van der Waals surface area contributed by atoms with Crippen molar-refractivity contribution in [2.45, 2.75) is 26.0 Å². The molecule has 1 aliphatic rings. The van der Waals surface area contributed by atoms with Gasteiger partial charge in [-0.2, -0.15) is 0 Å². The number of ether oxygens (including phenoxy) is 1. The van der Waals surface area contributed by atoms with E-state index in [0.717, 1.165) is 24.5 Å². The molecule has 2 aromatic rings. The Labute approximate surface area is 93.9 Å². The first-order valence-electron chi connectivity index (χ1n) is 5.50. The third kappa shape index (κ3) is 1.38. The van der Waals surface area contributed by atoms with Crippen LogP contribution in [0, 0.1) is 0 Å². The molecule has 1 aromatic heterocycles. The molecule has 0 radical (unpaired) electrons. The molecule has 4 heteroatoms. The topological polar surface area (TPSA) is 39.9 Å². The fraction of sp³-hybridized carbons (Fsp3) is 0.333. The van der Waals surface area contributed by atoms with E-state index in [1.807, 2.05) is 22.8 Å². The summed E-state index contributed by atoms with van der Waals surface area (Å²) in [6.45, 7) is 2.95. The van der Waals surface area contributed by atoms with Gasteiger partial charge in [0, 0.05) is 13.0 Å². The second-order valence-corrected chi connectivity index (χ2v) is 3.89. The molecular formula is C12H13N3O. The van der Waals surface area contributed by atoms with Crippen LogP contribution >= 0.6 is 0 Å². The van der Waals surface area contributed by atoms with E-state index in [1.165, 1.54) is 5.56 Å². The molecule has 1 aromatic carbocycles. The molecule has 0 saturated heterocycles. The average Bonchev–Trinajstić information content (AvgIpc) is 2.94. The molecule has 0 N–H and O–H groups in total. The van der Waals surface area contributed by atoms with Crippen LogP contribution in [0.3, 0.4) is 0 Å². The Morgan fingerprint density at radius 2 is 2.31 bits per heavy atom. The molecule has 4 nitrogen and oxygen atoms in total. The monoisotopic (exact) mass is 215 g/mol. The zero-order valence-electron chi connectivity index (χ0n) is 9.13. The predicted octanol–water partition coefficient (Wildman–Crippen LogP) is 1.97. The summed E-state index contributed by atoms with van der Waals surface area (Å²) >= 11 is 0. The largest absolute Gasteiger partial charge is 0.482 e. The Morgan fingerprint density at radius 1 is 1.44 bits per heavy atom. The van der Waals surface area contributed by atoms with E-state index in [4.69, 9.17) is 4.74 Å². The zero-order valence-corrected chi connectivity index (χ0v) is 9.13. The summed E-state index contributed by atoms with van der Waals surface area (Å²) < 4.78 is 7.89. The van der Waals surface area contributed by atoms with Crippen molar-refractivity contribution in [1.82, 2.24) is 14.8 Å². The molecule has 0 aliphatic carbocycles. The Morgan fingerprint density at radius 3 is 3.12 bits per heavy atom. The van der Waals surface area contributed by atoms with E-state index in [1.54, 1.807) is 6.33 Å². The molecule has 1 aliphatic heterocycles. The van der Waals surface area contributed by atoms with Crippen molar-refractivity contribution < 1.29 is 4.74 Å². The van der Waals surface area contributed by atoms with Crippen molar-refractivity contribution in [2.24, 2.45) is 0 Å². The minimum atomic E-state index is 0.0137. The second-order valence-electron chi connectivity index (χ2n) is 3.89. The minimum absolute atomic E-state index is 0.0137. The van der Waals surface area contributed by atoms with Gasteiger partial charge in [0.2, 0.25) is 0 Å². The average molecular weight is 215 g/mol. The van der Waals surface area contributed by atoms with Gasteiger partial charge in [-0.25, -0.2) is 0 Å². The first-order chi connectivity index (χ1) is 7.88. The maximum Gasteiger partial charge on any atom is 0.174 e. The lowest BCUT2D eigenvalue weighted by Crippen LogP contribution is -2.11. The van der Waals surface area contributed by atoms with Crippen LogP contribution < -0.4 is 4.74 Å². The van der Waals surface area contributed by atoms with Crippen molar-refractivity contribution in [1.29, 1.82) is 0 Å². The van der Waals surface area contributed by atoms with Gasteiger partial charge in [-0.1, -0.05) is 18.2 Å². The first-order valence-corrected chi connectivity index (χ1v) is 5.50. The molecule has 0 bridgehead atoms. The molecule has 0 amide bonds. The second kappa shape index (κ2) is 3.63. The highest BCUT2D eigenvalue weighted by Crippen LogP contribution is 2.35. The fourth-order valence-electron chi connectivity index (χ4n) is 2.08. The molecule has 0 fully saturated rings. The normalized spacial score (nSPS) is 18.2. The van der Waals surface area contributed by atoms with Gasteiger partial charge in [0.05, 0.1) is 0 Å². The Bertz CT molecular complexity index is 481. The number of benzene rings is 1. The number of aromatic nitrogens is 3. The van der Waals surface area contributed by atoms with E-state index >= 15 is 0 Å². The van der Waals surface area contributed by atoms with Crippen molar-refractivity contribution in [3.63, 3.8) is 0 Å². The highest BCUT2D eigenvalue weighted by molar-refractivity contribution is 5.38. The quantitative estimate of drug-likeness (QED) is 0.769. The molecule has 1 unspecified atom stereocenters. The predicted molar refractivity (Wildman–Crippen MR) is 59.2 cm³/mol. The molecule has 0 saturated carbocycles. The van der Waals surface area contributed by atoms with Crippen molar-refractivity contribution >= 4 is 0 Å². The number of rotatable bonds is 2. The van der Waals surface area contributed by atoms with Crippen LogP contribution in [-0.2, 0) is 13.0 Å². The summed E-state index contributed by atoms with van der Waals surface area (Å²) in [5, 5.41) is 8.07. The molecule has 2 heterocycles. The zero-order chi connectivity index (χ0) is 11.0. The third-order valence-corrected chi connectivity index (χ3v) is 2.92. The number of para-hydroxylation sites is 1. The summed E-state index contributed by atoms with van der Waals surface area (Å²) in [6.07, 6.45) is 2.65. The first kappa shape index (κ1) is 9.39. The maximum absolute atomic E-state index is 5.87. The van der Waals surface area contributed by atoms with E-state index in [0.29, 0.717) is 0 Å². The number of aryl methyl sites for hydroxylation is 1. The van der Waals surface area contributed by atoms with E-state index in [-0.39, 0.29) is 6.10 Å². The van der Waals surface area contributed by atoms with Crippen LogP contribution in [0.2, 0.25) is 0 Å². The van der Waals surface area contributed by atoms with Crippen LogP contribution in [0.4, 0.5) is 0 Å². The van der Waals surface area contributed by atoms with E-state index in [2.05, 4.69) is 23.2 Å². The number of nitrogens with zero attached hydrogens (tertiary/aromatic N) is 3. The number of fused-ring (bicyclic) bond motifs is 1. The van der Waals surface area contributed by atoms with Crippen molar-refractivity contribution in [3.05, 3.63) is 42.0 Å². The van der Waals surface area contributed by atoms with Crippen molar-refractivity contribution in [3.8, 4) is 5.75 Å². The fourth-order valence-corrected chi connectivity index (χ4v) is 2.08.